The van der Waals surface area contributed by atoms with E-state index in [4.69, 9.17) is 5.73 Å². The standard InChI is InChI=1S/C15H24N4O/c1-17(2)15(20)12-19-8-6-18(7-9-19)11-13-4-3-5-14(16)10-13/h3-5,10H,6-9,11-12,16H2,1-2H3. The van der Waals surface area contributed by atoms with Crippen molar-refractivity contribution in [2.24, 2.45) is 0 Å². The fourth-order valence-electron chi connectivity index (χ4n) is 2.39. The van der Waals surface area contributed by atoms with Crippen molar-refractivity contribution in [3.8, 4) is 0 Å². The van der Waals surface area contributed by atoms with Crippen LogP contribution in [0.3, 0.4) is 0 Å². The zero-order valence-corrected chi connectivity index (χ0v) is 12.4. The molecule has 1 heterocycles. The lowest BCUT2D eigenvalue weighted by atomic mass is 10.2. The van der Waals surface area contributed by atoms with Gasteiger partial charge in [0, 0.05) is 52.5 Å². The van der Waals surface area contributed by atoms with Gasteiger partial charge in [-0.25, -0.2) is 0 Å². The molecule has 1 aliphatic heterocycles. The second-order valence-corrected chi connectivity index (χ2v) is 5.59. The molecular formula is C15H24N4O. The summed E-state index contributed by atoms with van der Waals surface area (Å²) in [6.07, 6.45) is 0. The van der Waals surface area contributed by atoms with Crippen LogP contribution in [0.25, 0.3) is 0 Å². The highest BCUT2D eigenvalue weighted by atomic mass is 16.2. The first-order valence-corrected chi connectivity index (χ1v) is 7.04. The molecule has 1 fully saturated rings. The molecule has 0 spiro atoms. The van der Waals surface area contributed by atoms with Gasteiger partial charge in [-0.2, -0.15) is 0 Å². The van der Waals surface area contributed by atoms with E-state index in [2.05, 4.69) is 15.9 Å². The Kier molecular flexibility index (Phi) is 4.98. The normalized spacial score (nSPS) is 17.1. The molecule has 110 valence electrons. The molecule has 1 aromatic carbocycles. The van der Waals surface area contributed by atoms with Gasteiger partial charge >= 0.3 is 0 Å². The van der Waals surface area contributed by atoms with Crippen LogP contribution in [0, 0.1) is 0 Å². The van der Waals surface area contributed by atoms with Gasteiger partial charge in [-0.15, -0.1) is 0 Å². The fraction of sp³-hybridized carbons (Fsp3) is 0.533. The summed E-state index contributed by atoms with van der Waals surface area (Å²) in [5.41, 5.74) is 7.87. The Labute approximate surface area is 120 Å². The smallest absolute Gasteiger partial charge is 0.236 e. The Balaban J connectivity index is 1.78. The Morgan fingerprint density at radius 2 is 1.85 bits per heavy atom. The first-order chi connectivity index (χ1) is 9.54. The van der Waals surface area contributed by atoms with E-state index in [1.54, 1.807) is 19.0 Å². The number of piperazine rings is 1. The van der Waals surface area contributed by atoms with Crippen LogP contribution >= 0.6 is 0 Å². The molecule has 0 atom stereocenters. The van der Waals surface area contributed by atoms with Crippen LogP contribution < -0.4 is 5.73 Å². The van der Waals surface area contributed by atoms with Crippen molar-refractivity contribution >= 4 is 11.6 Å². The van der Waals surface area contributed by atoms with Crippen LogP contribution in [-0.2, 0) is 11.3 Å². The highest BCUT2D eigenvalue weighted by molar-refractivity contribution is 5.77. The topological polar surface area (TPSA) is 52.8 Å². The number of hydrogen-bond acceptors (Lipinski definition) is 4. The molecule has 1 aliphatic rings. The predicted octanol–water partition coefficient (Wildman–Crippen LogP) is 0.475. The highest BCUT2D eigenvalue weighted by Crippen LogP contribution is 2.11. The van der Waals surface area contributed by atoms with Gasteiger partial charge in [-0.3, -0.25) is 14.6 Å². The first-order valence-electron chi connectivity index (χ1n) is 7.04. The van der Waals surface area contributed by atoms with E-state index < -0.39 is 0 Å². The Morgan fingerprint density at radius 3 is 2.45 bits per heavy atom. The van der Waals surface area contributed by atoms with Gasteiger partial charge in [0.15, 0.2) is 0 Å². The first kappa shape index (κ1) is 14.8. The van der Waals surface area contributed by atoms with E-state index in [-0.39, 0.29) is 5.91 Å². The molecule has 2 N–H and O–H groups in total. The van der Waals surface area contributed by atoms with Crippen LogP contribution in [0.4, 0.5) is 5.69 Å². The quantitative estimate of drug-likeness (QED) is 0.813. The molecule has 5 nitrogen and oxygen atoms in total. The summed E-state index contributed by atoms with van der Waals surface area (Å²) in [4.78, 5) is 18.0. The maximum atomic E-state index is 11.7. The van der Waals surface area contributed by atoms with E-state index in [0.717, 1.165) is 38.4 Å². The van der Waals surface area contributed by atoms with E-state index in [1.165, 1.54) is 5.56 Å². The molecule has 0 aromatic heterocycles. The van der Waals surface area contributed by atoms with Crippen molar-refractivity contribution < 1.29 is 4.79 Å². The number of benzene rings is 1. The van der Waals surface area contributed by atoms with Gasteiger partial charge in [-0.05, 0) is 17.7 Å². The Bertz CT molecular complexity index is 453. The molecule has 0 radical (unpaired) electrons. The molecule has 0 saturated carbocycles. The van der Waals surface area contributed by atoms with Crippen molar-refractivity contribution in [1.29, 1.82) is 0 Å². The van der Waals surface area contributed by atoms with Crippen LogP contribution in [0.5, 0.6) is 0 Å². The Hall–Kier alpha value is -1.59. The van der Waals surface area contributed by atoms with E-state index in [0.29, 0.717) is 6.54 Å². The number of nitrogens with two attached hydrogens (primary N) is 1. The molecule has 1 amide bonds. The minimum atomic E-state index is 0.175. The third-order valence-electron chi connectivity index (χ3n) is 3.68. The number of amides is 1. The second-order valence-electron chi connectivity index (χ2n) is 5.59. The summed E-state index contributed by atoms with van der Waals surface area (Å²) in [6.45, 7) is 5.34. The van der Waals surface area contributed by atoms with Gasteiger partial charge in [0.1, 0.15) is 0 Å². The summed E-state index contributed by atoms with van der Waals surface area (Å²) >= 11 is 0. The van der Waals surface area contributed by atoms with Crippen molar-refractivity contribution in [3.05, 3.63) is 29.8 Å². The number of likely N-dealkylation sites (N-methyl/N-ethyl adjacent to an activating group) is 1. The van der Waals surface area contributed by atoms with Crippen LogP contribution in [0.15, 0.2) is 24.3 Å². The minimum Gasteiger partial charge on any atom is -0.399 e. The molecule has 2 rings (SSSR count). The maximum Gasteiger partial charge on any atom is 0.236 e. The number of nitrogens with zero attached hydrogens (tertiary/aromatic N) is 3. The molecular weight excluding hydrogens is 252 g/mol. The summed E-state index contributed by atoms with van der Waals surface area (Å²) in [5.74, 6) is 0.175. The number of carbonyl (C=O) groups excluding carboxylic acids is 1. The summed E-state index contributed by atoms with van der Waals surface area (Å²) in [7, 11) is 3.61. The maximum absolute atomic E-state index is 11.7. The van der Waals surface area contributed by atoms with Crippen molar-refractivity contribution in [2.45, 2.75) is 6.54 Å². The summed E-state index contributed by atoms with van der Waals surface area (Å²) < 4.78 is 0. The fourth-order valence-corrected chi connectivity index (χ4v) is 2.39. The third kappa shape index (κ3) is 4.21. The molecule has 5 heteroatoms. The van der Waals surface area contributed by atoms with Crippen molar-refractivity contribution in [1.82, 2.24) is 14.7 Å². The average Bonchev–Trinajstić information content (AvgIpc) is 2.41. The van der Waals surface area contributed by atoms with Crippen molar-refractivity contribution in [2.75, 3.05) is 52.6 Å². The molecule has 0 bridgehead atoms. The zero-order valence-electron chi connectivity index (χ0n) is 12.4. The molecule has 0 aliphatic carbocycles. The average molecular weight is 276 g/mol. The van der Waals surface area contributed by atoms with E-state index in [9.17, 15) is 4.79 Å². The highest BCUT2D eigenvalue weighted by Gasteiger charge is 2.19. The van der Waals surface area contributed by atoms with Crippen LogP contribution in [0.2, 0.25) is 0 Å². The number of carbonyl (C=O) groups is 1. The third-order valence-corrected chi connectivity index (χ3v) is 3.68. The van der Waals surface area contributed by atoms with Gasteiger partial charge in [-0.1, -0.05) is 12.1 Å². The molecule has 0 unspecified atom stereocenters. The number of rotatable bonds is 4. The largest absolute Gasteiger partial charge is 0.399 e. The summed E-state index contributed by atoms with van der Waals surface area (Å²) in [5, 5.41) is 0. The number of nitrogen functional groups attached to an aromatic ring is 1. The van der Waals surface area contributed by atoms with Gasteiger partial charge in [0.2, 0.25) is 5.91 Å². The monoisotopic (exact) mass is 276 g/mol. The lowest BCUT2D eigenvalue weighted by Gasteiger charge is -2.34. The minimum absolute atomic E-state index is 0.175. The lowest BCUT2D eigenvalue weighted by molar-refractivity contribution is -0.130. The SMILES string of the molecule is CN(C)C(=O)CN1CCN(Cc2cccc(N)c2)CC1. The van der Waals surface area contributed by atoms with Crippen LogP contribution in [0.1, 0.15) is 5.56 Å². The second kappa shape index (κ2) is 6.72. The number of hydrogen-bond donors (Lipinski definition) is 1. The molecule has 20 heavy (non-hydrogen) atoms. The lowest BCUT2D eigenvalue weighted by Crippen LogP contribution is -2.48. The zero-order chi connectivity index (χ0) is 14.5. The molecule has 1 saturated heterocycles. The predicted molar refractivity (Wildman–Crippen MR) is 81.3 cm³/mol. The number of anilines is 1. The van der Waals surface area contributed by atoms with E-state index >= 15 is 0 Å². The van der Waals surface area contributed by atoms with Gasteiger partial charge < -0.3 is 10.6 Å². The van der Waals surface area contributed by atoms with Gasteiger partial charge in [0.05, 0.1) is 6.54 Å². The molecule has 1 aromatic rings. The van der Waals surface area contributed by atoms with Gasteiger partial charge in [0.25, 0.3) is 0 Å². The Morgan fingerprint density at radius 1 is 1.20 bits per heavy atom. The van der Waals surface area contributed by atoms with Crippen LogP contribution in [-0.4, -0.2) is 67.4 Å². The van der Waals surface area contributed by atoms with E-state index in [1.807, 2.05) is 18.2 Å². The summed E-state index contributed by atoms with van der Waals surface area (Å²) in [6, 6.07) is 8.05. The van der Waals surface area contributed by atoms with Crippen molar-refractivity contribution in [3.63, 3.8) is 0 Å².